The Bertz CT molecular complexity index is 776. The molecule has 0 aromatic heterocycles. The van der Waals surface area contributed by atoms with Crippen molar-refractivity contribution in [3.05, 3.63) is 0 Å². The molecule has 0 N–H and O–H groups in total. The number of hydrogen-bond donors (Lipinski definition) is 0. The Hall–Kier alpha value is -1.32. The molecule has 3 saturated heterocycles. The van der Waals surface area contributed by atoms with E-state index in [1.54, 1.807) is 4.90 Å². The van der Waals surface area contributed by atoms with Gasteiger partial charge in [0.2, 0.25) is 0 Å². The van der Waals surface area contributed by atoms with Crippen LogP contribution in [0.3, 0.4) is 0 Å². The number of nitrogens with zero attached hydrogens (tertiary/aromatic N) is 2. The number of amides is 1. The summed E-state index contributed by atoms with van der Waals surface area (Å²) < 4.78 is 23.7. The average Bonchev–Trinajstić information content (AvgIpc) is 3.02. The summed E-state index contributed by atoms with van der Waals surface area (Å²) in [6.07, 6.45) is 7.83. The largest absolute Gasteiger partial charge is 0.467 e. The van der Waals surface area contributed by atoms with Crippen LogP contribution < -0.4 is 0 Å². The third-order valence-corrected chi connectivity index (χ3v) is 8.80. The van der Waals surface area contributed by atoms with Gasteiger partial charge in [-0.25, -0.2) is 9.59 Å². The zero-order valence-corrected chi connectivity index (χ0v) is 24.7. The Labute approximate surface area is 225 Å². The van der Waals surface area contributed by atoms with Gasteiger partial charge in [0.15, 0.2) is 0 Å². The van der Waals surface area contributed by atoms with E-state index in [1.807, 2.05) is 20.8 Å². The van der Waals surface area contributed by atoms with Crippen LogP contribution in [0.15, 0.2) is 0 Å². The van der Waals surface area contributed by atoms with Crippen LogP contribution in [0.2, 0.25) is 6.32 Å². The van der Waals surface area contributed by atoms with E-state index in [0.29, 0.717) is 13.0 Å². The molecule has 3 fully saturated rings. The van der Waals surface area contributed by atoms with Crippen molar-refractivity contribution < 1.29 is 28.4 Å². The van der Waals surface area contributed by atoms with Crippen molar-refractivity contribution in [1.29, 1.82) is 0 Å². The Morgan fingerprint density at radius 1 is 0.973 bits per heavy atom. The summed E-state index contributed by atoms with van der Waals surface area (Å²) >= 11 is 0. The minimum atomic E-state index is -1.04. The van der Waals surface area contributed by atoms with Gasteiger partial charge in [0.25, 0.3) is 0 Å². The van der Waals surface area contributed by atoms with Gasteiger partial charge in [0.1, 0.15) is 11.1 Å². The molecule has 1 amide bonds. The molecule has 0 aliphatic carbocycles. The van der Waals surface area contributed by atoms with Gasteiger partial charge in [-0.1, -0.05) is 12.8 Å². The molecule has 0 saturated carbocycles. The second-order valence-electron chi connectivity index (χ2n) is 13.2. The van der Waals surface area contributed by atoms with Gasteiger partial charge in [-0.3, -0.25) is 4.90 Å². The molecule has 3 heterocycles. The van der Waals surface area contributed by atoms with Crippen molar-refractivity contribution in [2.24, 2.45) is 5.92 Å². The van der Waals surface area contributed by atoms with Crippen LogP contribution >= 0.6 is 0 Å². The van der Waals surface area contributed by atoms with Crippen LogP contribution in [-0.4, -0.2) is 84.6 Å². The number of hydrogen-bond acceptors (Lipinski definition) is 7. The van der Waals surface area contributed by atoms with Crippen LogP contribution in [0.4, 0.5) is 4.79 Å². The quantitative estimate of drug-likeness (QED) is 0.317. The number of likely N-dealkylation sites (tertiary alicyclic amines) is 2. The van der Waals surface area contributed by atoms with E-state index in [1.165, 1.54) is 26.4 Å². The highest BCUT2D eigenvalue weighted by Gasteiger charge is 2.56. The molecule has 3 rings (SSSR count). The highest BCUT2D eigenvalue weighted by atomic mass is 16.7. The van der Waals surface area contributed by atoms with Gasteiger partial charge in [0.05, 0.1) is 18.3 Å². The highest BCUT2D eigenvalue weighted by Crippen LogP contribution is 2.43. The molecule has 2 atom stereocenters. The fourth-order valence-corrected chi connectivity index (χ4v) is 6.13. The van der Waals surface area contributed by atoms with Crippen molar-refractivity contribution in [2.45, 2.75) is 128 Å². The maximum Gasteiger partial charge on any atom is 0.457 e. The molecular formula is C28H51BN2O6. The molecule has 212 valence electrons. The number of rotatable bonds is 8. The van der Waals surface area contributed by atoms with Crippen molar-refractivity contribution in [2.75, 3.05) is 33.3 Å². The number of esters is 1. The number of methoxy groups -OCH3 is 1. The zero-order valence-electron chi connectivity index (χ0n) is 24.7. The molecule has 3 aliphatic rings. The van der Waals surface area contributed by atoms with E-state index in [0.717, 1.165) is 51.6 Å². The first-order chi connectivity index (χ1) is 17.2. The molecular weight excluding hydrogens is 471 g/mol. The Morgan fingerprint density at radius 2 is 1.59 bits per heavy atom. The summed E-state index contributed by atoms with van der Waals surface area (Å²) in [5, 5.41) is 0. The summed E-state index contributed by atoms with van der Waals surface area (Å²) in [7, 11) is 1.17. The van der Waals surface area contributed by atoms with E-state index >= 15 is 0 Å². The third kappa shape index (κ3) is 7.01. The van der Waals surface area contributed by atoms with Crippen LogP contribution in [0.25, 0.3) is 0 Å². The molecule has 0 bridgehead atoms. The van der Waals surface area contributed by atoms with Gasteiger partial charge >= 0.3 is 19.2 Å². The normalized spacial score (nSPS) is 28.3. The van der Waals surface area contributed by atoms with Gasteiger partial charge in [0, 0.05) is 13.1 Å². The third-order valence-electron chi connectivity index (χ3n) is 8.80. The van der Waals surface area contributed by atoms with Crippen LogP contribution in [0.5, 0.6) is 0 Å². The molecule has 8 nitrogen and oxygen atoms in total. The lowest BCUT2D eigenvalue weighted by atomic mass is 9.70. The van der Waals surface area contributed by atoms with E-state index in [2.05, 4.69) is 32.6 Å². The number of carbonyl (C=O) groups excluding carboxylic acids is 2. The van der Waals surface area contributed by atoms with Gasteiger partial charge in [-0.05, 0) is 112 Å². The molecule has 2 unspecified atom stereocenters. The van der Waals surface area contributed by atoms with Crippen molar-refractivity contribution in [1.82, 2.24) is 9.80 Å². The smallest absolute Gasteiger partial charge is 0.457 e. The van der Waals surface area contributed by atoms with E-state index in [4.69, 9.17) is 18.8 Å². The number of ether oxygens (including phenoxy) is 2. The minimum Gasteiger partial charge on any atom is -0.467 e. The predicted molar refractivity (Wildman–Crippen MR) is 145 cm³/mol. The van der Waals surface area contributed by atoms with Gasteiger partial charge < -0.3 is 23.7 Å². The van der Waals surface area contributed by atoms with Crippen LogP contribution in [-0.2, 0) is 23.6 Å². The Balaban J connectivity index is 1.81. The predicted octanol–water partition coefficient (Wildman–Crippen LogP) is 5.29. The maximum atomic E-state index is 13.7. The Kier molecular flexibility index (Phi) is 9.66. The second kappa shape index (κ2) is 11.8. The van der Waals surface area contributed by atoms with E-state index in [9.17, 15) is 9.59 Å². The molecule has 37 heavy (non-hydrogen) atoms. The molecule has 0 radical (unpaired) electrons. The van der Waals surface area contributed by atoms with Gasteiger partial charge in [-0.2, -0.15) is 0 Å². The topological polar surface area (TPSA) is 77.5 Å². The molecule has 3 aliphatic heterocycles. The lowest BCUT2D eigenvalue weighted by Crippen LogP contribution is -2.65. The van der Waals surface area contributed by atoms with Crippen molar-refractivity contribution in [3.63, 3.8) is 0 Å². The lowest BCUT2D eigenvalue weighted by Gasteiger charge is -2.50. The first kappa shape index (κ1) is 30.2. The van der Waals surface area contributed by atoms with Crippen LogP contribution in [0, 0.1) is 5.92 Å². The van der Waals surface area contributed by atoms with Crippen LogP contribution in [0.1, 0.15) is 99.8 Å². The first-order valence-corrected chi connectivity index (χ1v) is 14.4. The monoisotopic (exact) mass is 522 g/mol. The second-order valence-corrected chi connectivity index (χ2v) is 13.2. The average molecular weight is 523 g/mol. The molecule has 0 aromatic rings. The summed E-state index contributed by atoms with van der Waals surface area (Å²) in [4.78, 5) is 31.4. The minimum absolute atomic E-state index is 0.0200. The maximum absolute atomic E-state index is 13.7. The molecule has 0 spiro atoms. The molecule has 0 aromatic carbocycles. The molecule has 9 heteroatoms. The van der Waals surface area contributed by atoms with Gasteiger partial charge in [-0.15, -0.1) is 0 Å². The SMILES string of the molecule is COC(=O)C1(CCN2CCCCC2)C(CCCB2OC(C)(C)C(C)(C)O2)CCCN1C(=O)OC(C)(C)C. The van der Waals surface area contributed by atoms with E-state index < -0.39 is 17.2 Å². The fourth-order valence-electron chi connectivity index (χ4n) is 6.13. The summed E-state index contributed by atoms with van der Waals surface area (Å²) in [6.45, 7) is 17.2. The standard InChI is InChI=1S/C28H51BN2O6/c1-25(2,3)35-24(33)31-20-13-15-22(14-12-17-29-36-26(4,5)27(6,7)37-29)28(31,23(32)34-8)16-21-30-18-10-9-11-19-30/h22H,9-21H2,1-8H3. The van der Waals surface area contributed by atoms with Crippen molar-refractivity contribution >= 4 is 19.2 Å². The van der Waals surface area contributed by atoms with E-state index in [-0.39, 0.29) is 30.2 Å². The Morgan fingerprint density at radius 3 is 2.16 bits per heavy atom. The summed E-state index contributed by atoms with van der Waals surface area (Å²) in [6, 6.07) is 0. The fraction of sp³-hybridized carbons (Fsp3) is 0.929. The lowest BCUT2D eigenvalue weighted by molar-refractivity contribution is -0.164. The zero-order chi connectivity index (χ0) is 27.5. The number of piperidine rings is 2. The van der Waals surface area contributed by atoms with Crippen molar-refractivity contribution in [3.8, 4) is 0 Å². The summed E-state index contributed by atoms with van der Waals surface area (Å²) in [5.41, 5.74) is -2.40. The first-order valence-electron chi connectivity index (χ1n) is 14.4. The highest BCUT2D eigenvalue weighted by molar-refractivity contribution is 6.45. The number of carbonyl (C=O) groups is 2. The summed E-state index contributed by atoms with van der Waals surface area (Å²) in [5.74, 6) is -0.343.